The van der Waals surface area contributed by atoms with E-state index in [2.05, 4.69) is 0 Å². The quantitative estimate of drug-likeness (QED) is 0.384. The van der Waals surface area contributed by atoms with Gasteiger partial charge in [-0.2, -0.15) is 0 Å². The van der Waals surface area contributed by atoms with E-state index in [0.29, 0.717) is 13.0 Å². The summed E-state index contributed by atoms with van der Waals surface area (Å²) in [4.78, 5) is 11.1. The van der Waals surface area contributed by atoms with E-state index >= 15 is 0 Å². The number of carboxylic acid groups (broad SMARTS) is 1. The van der Waals surface area contributed by atoms with Crippen LogP contribution < -0.4 is 4.74 Å². The minimum atomic E-state index is -0.835. The molecule has 5 heteroatoms. The number of aliphatic carboxylic acids is 1. The Hall–Kier alpha value is -3.21. The zero-order valence-corrected chi connectivity index (χ0v) is 15.8. The van der Waals surface area contributed by atoms with Crippen molar-refractivity contribution >= 4 is 16.7 Å². The highest BCUT2D eigenvalue weighted by Crippen LogP contribution is 2.29. The molecule has 1 atom stereocenters. The topological polar surface area (TPSA) is 87.0 Å². The van der Waals surface area contributed by atoms with Crippen LogP contribution in [0.5, 0.6) is 17.2 Å². The van der Waals surface area contributed by atoms with Crippen LogP contribution >= 0.6 is 0 Å². The summed E-state index contributed by atoms with van der Waals surface area (Å²) in [5.41, 5.74) is 1.51. The van der Waals surface area contributed by atoms with Crippen molar-refractivity contribution in [2.24, 2.45) is 0 Å². The summed E-state index contributed by atoms with van der Waals surface area (Å²) in [6.45, 7) is 2.23. The fourth-order valence-electron chi connectivity index (χ4n) is 3.13. The fraction of sp³-hybridized carbons (Fsp3) is 0.261. The molecule has 0 radical (unpaired) electrons. The van der Waals surface area contributed by atoms with Gasteiger partial charge in [-0.05, 0) is 66.3 Å². The van der Waals surface area contributed by atoms with Crippen molar-refractivity contribution < 1.29 is 24.9 Å². The third kappa shape index (κ3) is 4.55. The van der Waals surface area contributed by atoms with Gasteiger partial charge in [0.15, 0.2) is 11.5 Å². The molecule has 0 saturated heterocycles. The second-order valence-electron chi connectivity index (χ2n) is 6.92. The Bertz CT molecular complexity index is 980. The van der Waals surface area contributed by atoms with Crippen LogP contribution in [0.2, 0.25) is 0 Å². The lowest BCUT2D eigenvalue weighted by molar-refractivity contribution is -0.138. The van der Waals surface area contributed by atoms with Crippen LogP contribution in [0.25, 0.3) is 10.8 Å². The number of carboxylic acids is 1. The molecule has 28 heavy (non-hydrogen) atoms. The number of aromatic hydroxyl groups is 2. The number of hydrogen-bond acceptors (Lipinski definition) is 4. The lowest BCUT2D eigenvalue weighted by atomic mass is 9.98. The van der Waals surface area contributed by atoms with E-state index in [1.54, 1.807) is 19.1 Å². The van der Waals surface area contributed by atoms with Crippen LogP contribution in [0.15, 0.2) is 54.6 Å². The largest absolute Gasteiger partial charge is 0.504 e. The number of para-hydroxylation sites is 1. The second-order valence-corrected chi connectivity index (χ2v) is 6.92. The van der Waals surface area contributed by atoms with Crippen molar-refractivity contribution in [2.45, 2.75) is 32.1 Å². The van der Waals surface area contributed by atoms with E-state index in [1.165, 1.54) is 6.07 Å². The number of aryl methyl sites for hydroxylation is 1. The number of phenolic OH excluding ortho intramolecular Hbond substituents is 2. The van der Waals surface area contributed by atoms with Crippen molar-refractivity contribution in [3.05, 3.63) is 65.7 Å². The fourth-order valence-corrected chi connectivity index (χ4v) is 3.13. The maximum atomic E-state index is 11.1. The number of rotatable bonds is 8. The molecule has 0 aliphatic heterocycles. The number of phenols is 2. The zero-order chi connectivity index (χ0) is 20.1. The number of fused-ring (bicyclic) bond motifs is 1. The van der Waals surface area contributed by atoms with Crippen molar-refractivity contribution in [3.8, 4) is 17.2 Å². The second kappa shape index (κ2) is 8.65. The summed E-state index contributed by atoms with van der Waals surface area (Å²) in [5, 5.41) is 30.4. The molecule has 0 bridgehead atoms. The molecule has 5 nitrogen and oxygen atoms in total. The molecule has 3 N–H and O–H groups in total. The molecule has 0 aliphatic rings. The molecule has 146 valence electrons. The van der Waals surface area contributed by atoms with E-state index in [-0.39, 0.29) is 11.5 Å². The molecule has 3 aromatic rings. The minimum Gasteiger partial charge on any atom is -0.504 e. The SMILES string of the molecule is CC(C(=O)O)c1ccc2cc(OCCCCc3cccc(O)c3O)ccc2c1. The Morgan fingerprint density at radius 3 is 2.54 bits per heavy atom. The van der Waals surface area contributed by atoms with Crippen molar-refractivity contribution in [2.75, 3.05) is 6.61 Å². The maximum Gasteiger partial charge on any atom is 0.310 e. The number of ether oxygens (including phenoxy) is 1. The van der Waals surface area contributed by atoms with E-state index in [1.807, 2.05) is 36.4 Å². The van der Waals surface area contributed by atoms with Crippen molar-refractivity contribution in [1.82, 2.24) is 0 Å². The van der Waals surface area contributed by atoms with Crippen LogP contribution in [0.1, 0.15) is 36.8 Å². The van der Waals surface area contributed by atoms with E-state index in [4.69, 9.17) is 9.84 Å². The molecule has 0 spiro atoms. The van der Waals surface area contributed by atoms with Gasteiger partial charge in [-0.25, -0.2) is 0 Å². The first-order chi connectivity index (χ1) is 13.5. The molecule has 0 aromatic heterocycles. The normalized spacial score (nSPS) is 12.0. The van der Waals surface area contributed by atoms with E-state index in [0.717, 1.165) is 40.5 Å². The van der Waals surface area contributed by atoms with Crippen molar-refractivity contribution in [1.29, 1.82) is 0 Å². The molecule has 1 unspecified atom stereocenters. The first-order valence-electron chi connectivity index (χ1n) is 9.35. The van der Waals surface area contributed by atoms with Crippen LogP contribution in [-0.2, 0) is 11.2 Å². The number of benzene rings is 3. The Morgan fingerprint density at radius 1 is 1.00 bits per heavy atom. The van der Waals surface area contributed by atoms with Crippen LogP contribution in [-0.4, -0.2) is 27.9 Å². The van der Waals surface area contributed by atoms with Gasteiger partial charge in [0.2, 0.25) is 0 Å². The summed E-state index contributed by atoms with van der Waals surface area (Å²) < 4.78 is 5.82. The van der Waals surface area contributed by atoms with E-state index in [9.17, 15) is 15.0 Å². The van der Waals surface area contributed by atoms with Gasteiger partial charge >= 0.3 is 5.97 Å². The Kier molecular flexibility index (Phi) is 6.04. The number of carbonyl (C=O) groups is 1. The highest BCUT2D eigenvalue weighted by atomic mass is 16.5. The lowest BCUT2D eigenvalue weighted by Crippen LogP contribution is -2.07. The molecular formula is C23H24O5. The molecule has 3 rings (SSSR count). The Labute approximate surface area is 163 Å². The molecule has 0 aliphatic carbocycles. The Balaban J connectivity index is 1.54. The zero-order valence-electron chi connectivity index (χ0n) is 15.8. The minimum absolute atomic E-state index is 0.0467. The molecular weight excluding hydrogens is 356 g/mol. The molecule has 0 fully saturated rings. The van der Waals surface area contributed by atoms with E-state index < -0.39 is 11.9 Å². The first-order valence-corrected chi connectivity index (χ1v) is 9.35. The predicted molar refractivity (Wildman–Crippen MR) is 108 cm³/mol. The third-order valence-corrected chi connectivity index (χ3v) is 4.91. The molecule has 0 saturated carbocycles. The molecule has 3 aromatic carbocycles. The Morgan fingerprint density at radius 2 is 1.75 bits per heavy atom. The van der Waals surface area contributed by atoms with Gasteiger partial charge in [0.05, 0.1) is 12.5 Å². The maximum absolute atomic E-state index is 11.1. The third-order valence-electron chi connectivity index (χ3n) is 4.91. The van der Waals surface area contributed by atoms with Gasteiger partial charge < -0.3 is 20.1 Å². The van der Waals surface area contributed by atoms with Gasteiger partial charge in [-0.1, -0.05) is 36.4 Å². The van der Waals surface area contributed by atoms with Gasteiger partial charge in [-0.3, -0.25) is 4.79 Å². The summed E-state index contributed by atoms with van der Waals surface area (Å²) in [5.74, 6) is -0.739. The van der Waals surface area contributed by atoms with Gasteiger partial charge in [0.25, 0.3) is 0 Å². The van der Waals surface area contributed by atoms with Crippen molar-refractivity contribution in [3.63, 3.8) is 0 Å². The summed E-state index contributed by atoms with van der Waals surface area (Å²) in [6.07, 6.45) is 2.33. The lowest BCUT2D eigenvalue weighted by Gasteiger charge is -2.10. The van der Waals surface area contributed by atoms with Crippen LogP contribution in [0.4, 0.5) is 0 Å². The standard InChI is InChI=1S/C23H24O5/c1-15(23(26)27)17-8-9-19-14-20(11-10-18(19)13-17)28-12-3-2-5-16-6-4-7-21(24)22(16)25/h4,6-11,13-15,24-25H,2-3,5,12H2,1H3,(H,26,27). The smallest absolute Gasteiger partial charge is 0.310 e. The number of hydrogen-bond donors (Lipinski definition) is 3. The molecule has 0 amide bonds. The summed E-state index contributed by atoms with van der Waals surface area (Å²) in [7, 11) is 0. The number of unbranched alkanes of at least 4 members (excludes halogenated alkanes) is 1. The van der Waals surface area contributed by atoms with Crippen LogP contribution in [0, 0.1) is 0 Å². The summed E-state index contributed by atoms with van der Waals surface area (Å²) >= 11 is 0. The van der Waals surface area contributed by atoms with Gasteiger partial charge in [-0.15, -0.1) is 0 Å². The monoisotopic (exact) mass is 380 g/mol. The highest BCUT2D eigenvalue weighted by molar-refractivity contribution is 5.86. The van der Waals surface area contributed by atoms with Gasteiger partial charge in [0.1, 0.15) is 5.75 Å². The summed E-state index contributed by atoms with van der Waals surface area (Å²) in [6, 6.07) is 16.4. The first kappa shape index (κ1) is 19.5. The predicted octanol–water partition coefficient (Wildman–Crippen LogP) is 4.84. The highest BCUT2D eigenvalue weighted by Gasteiger charge is 2.13. The van der Waals surface area contributed by atoms with Gasteiger partial charge in [0, 0.05) is 0 Å². The average molecular weight is 380 g/mol. The average Bonchev–Trinajstić information content (AvgIpc) is 2.69. The molecule has 0 heterocycles. The van der Waals surface area contributed by atoms with Crippen LogP contribution in [0.3, 0.4) is 0 Å².